The third-order valence-corrected chi connectivity index (χ3v) is 3.65. The van der Waals surface area contributed by atoms with Crippen molar-refractivity contribution in [1.82, 2.24) is 5.32 Å². The highest BCUT2D eigenvalue weighted by Gasteiger charge is 2.19. The van der Waals surface area contributed by atoms with E-state index < -0.39 is 28.9 Å². The highest BCUT2D eigenvalue weighted by molar-refractivity contribution is 5.99. The van der Waals surface area contributed by atoms with Gasteiger partial charge in [0.05, 0.1) is 18.6 Å². The van der Waals surface area contributed by atoms with Crippen LogP contribution in [0.2, 0.25) is 0 Å². The number of rotatable bonds is 6. The molecule has 8 heteroatoms. The summed E-state index contributed by atoms with van der Waals surface area (Å²) in [4.78, 5) is 23.8. The molecular weight excluding hydrogens is 356 g/mol. The molecule has 0 spiro atoms. The first kappa shape index (κ1) is 20.3. The lowest BCUT2D eigenvalue weighted by Crippen LogP contribution is -2.46. The maximum Gasteiger partial charge on any atom is 0.323 e. The number of hydrogen-bond donors (Lipinski definition) is 4. The summed E-state index contributed by atoms with van der Waals surface area (Å²) in [5, 5.41) is 16.4. The summed E-state index contributed by atoms with van der Waals surface area (Å²) < 4.78 is 27.1. The Kier molecular flexibility index (Phi) is 6.46. The normalized spacial score (nSPS) is 11.0. The Bertz CT molecular complexity index is 803. The van der Waals surface area contributed by atoms with E-state index in [1.807, 2.05) is 0 Å². The Morgan fingerprint density at radius 1 is 1.00 bits per heavy atom. The average molecular weight is 377 g/mol. The molecule has 3 amide bonds. The Balaban J connectivity index is 1.93. The number of carbonyl (C=O) groups excluding carboxylic acids is 2. The lowest BCUT2D eigenvalue weighted by atomic mass is 10.1. The van der Waals surface area contributed by atoms with E-state index in [9.17, 15) is 18.4 Å². The number of urea groups is 1. The van der Waals surface area contributed by atoms with Gasteiger partial charge in [0.25, 0.3) is 0 Å². The number of amides is 3. The Labute approximate surface area is 155 Å². The summed E-state index contributed by atoms with van der Waals surface area (Å²) in [5.74, 6) is -2.00. The zero-order chi connectivity index (χ0) is 20.0. The average Bonchev–Trinajstić information content (AvgIpc) is 2.59. The fourth-order valence-corrected chi connectivity index (χ4v) is 2.25. The molecule has 0 aromatic heterocycles. The monoisotopic (exact) mass is 377 g/mol. The minimum atomic E-state index is -0.877. The highest BCUT2D eigenvalue weighted by atomic mass is 19.1. The summed E-state index contributed by atoms with van der Waals surface area (Å²) >= 11 is 0. The molecule has 6 nitrogen and oxygen atoms in total. The summed E-state index contributed by atoms with van der Waals surface area (Å²) in [5.41, 5.74) is -0.148. The van der Waals surface area contributed by atoms with E-state index in [1.165, 1.54) is 6.07 Å². The number of anilines is 2. The van der Waals surface area contributed by atoms with Crippen LogP contribution >= 0.6 is 0 Å². The van der Waals surface area contributed by atoms with Crippen LogP contribution in [0.15, 0.2) is 42.5 Å². The molecule has 0 aliphatic carbocycles. The largest absolute Gasteiger partial charge is 0.394 e. The quantitative estimate of drug-likeness (QED) is 0.624. The van der Waals surface area contributed by atoms with Crippen molar-refractivity contribution >= 4 is 23.3 Å². The molecule has 0 heterocycles. The Hall–Kier alpha value is -3.00. The maximum atomic E-state index is 13.5. The lowest BCUT2D eigenvalue weighted by Gasteiger charge is -2.23. The minimum Gasteiger partial charge on any atom is -0.394 e. The van der Waals surface area contributed by atoms with E-state index in [-0.39, 0.29) is 18.9 Å². The molecule has 0 bridgehead atoms. The number of nitrogens with one attached hydrogen (secondary N) is 3. The molecule has 0 saturated carbocycles. The number of para-hydroxylation sites is 1. The molecule has 0 unspecified atom stereocenters. The molecular formula is C19H21F2N3O3. The zero-order valence-corrected chi connectivity index (χ0v) is 15.0. The summed E-state index contributed by atoms with van der Waals surface area (Å²) in [7, 11) is 0. The van der Waals surface area contributed by atoms with E-state index in [1.54, 1.807) is 38.1 Å². The topological polar surface area (TPSA) is 90.5 Å². The molecule has 0 saturated heterocycles. The number of hydrogen-bond acceptors (Lipinski definition) is 3. The highest BCUT2D eigenvalue weighted by Crippen LogP contribution is 2.18. The van der Waals surface area contributed by atoms with E-state index in [0.717, 1.165) is 12.1 Å². The van der Waals surface area contributed by atoms with E-state index in [4.69, 9.17) is 5.11 Å². The van der Waals surface area contributed by atoms with E-state index in [0.29, 0.717) is 11.3 Å². The summed E-state index contributed by atoms with van der Waals surface area (Å²) in [6, 6.07) is 8.90. The van der Waals surface area contributed by atoms with Crippen molar-refractivity contribution in [2.45, 2.75) is 25.8 Å². The molecule has 2 rings (SSSR count). The summed E-state index contributed by atoms with van der Waals surface area (Å²) in [6.45, 7) is 3.23. The molecule has 0 fully saturated rings. The predicted octanol–water partition coefficient (Wildman–Crippen LogP) is 3.04. The van der Waals surface area contributed by atoms with Gasteiger partial charge in [-0.2, -0.15) is 0 Å². The van der Waals surface area contributed by atoms with E-state index in [2.05, 4.69) is 16.0 Å². The van der Waals surface area contributed by atoms with Crippen molar-refractivity contribution in [1.29, 1.82) is 0 Å². The molecule has 0 aliphatic heterocycles. The number of halogens is 2. The molecule has 2 aromatic carbocycles. The van der Waals surface area contributed by atoms with Gasteiger partial charge >= 0.3 is 6.03 Å². The number of aliphatic hydroxyl groups excluding tert-OH is 1. The first-order valence-corrected chi connectivity index (χ1v) is 8.23. The van der Waals surface area contributed by atoms with E-state index >= 15 is 0 Å². The van der Waals surface area contributed by atoms with Crippen LogP contribution in [0.25, 0.3) is 0 Å². The summed E-state index contributed by atoms with van der Waals surface area (Å²) in [6.07, 6.45) is 0.107. The van der Waals surface area contributed by atoms with Gasteiger partial charge in [-0.3, -0.25) is 4.79 Å². The fraction of sp³-hybridized carbons (Fsp3) is 0.263. The molecule has 2 aromatic rings. The van der Waals surface area contributed by atoms with Gasteiger partial charge in [0.2, 0.25) is 5.91 Å². The lowest BCUT2D eigenvalue weighted by molar-refractivity contribution is -0.122. The van der Waals surface area contributed by atoms with Gasteiger partial charge < -0.3 is 21.1 Å². The molecule has 144 valence electrons. The number of aliphatic hydroxyl groups is 1. The third kappa shape index (κ3) is 6.03. The molecule has 27 heavy (non-hydrogen) atoms. The first-order valence-electron chi connectivity index (χ1n) is 8.23. The molecule has 4 N–H and O–H groups in total. The number of benzene rings is 2. The second-order valence-electron chi connectivity index (χ2n) is 6.64. The fourth-order valence-electron chi connectivity index (χ4n) is 2.25. The van der Waals surface area contributed by atoms with Crippen LogP contribution in [0.5, 0.6) is 0 Å². The van der Waals surface area contributed by atoms with Gasteiger partial charge in [0.15, 0.2) is 0 Å². The van der Waals surface area contributed by atoms with Crippen molar-refractivity contribution in [2.75, 3.05) is 17.2 Å². The third-order valence-electron chi connectivity index (χ3n) is 3.65. The predicted molar refractivity (Wildman–Crippen MR) is 98.5 cm³/mol. The van der Waals surface area contributed by atoms with Crippen LogP contribution in [-0.2, 0) is 11.2 Å². The van der Waals surface area contributed by atoms with Crippen LogP contribution in [0, 0.1) is 11.6 Å². The van der Waals surface area contributed by atoms with Crippen molar-refractivity contribution in [3.05, 3.63) is 59.7 Å². The van der Waals surface area contributed by atoms with Gasteiger partial charge in [-0.25, -0.2) is 13.6 Å². The second-order valence-corrected chi connectivity index (χ2v) is 6.64. The first-order chi connectivity index (χ1) is 12.7. The molecule has 0 atom stereocenters. The van der Waals surface area contributed by atoms with Gasteiger partial charge in [-0.15, -0.1) is 0 Å². The van der Waals surface area contributed by atoms with Gasteiger partial charge in [0, 0.05) is 5.69 Å². The van der Waals surface area contributed by atoms with Crippen LogP contribution in [0.3, 0.4) is 0 Å². The van der Waals surface area contributed by atoms with Crippen molar-refractivity contribution in [3.8, 4) is 0 Å². The van der Waals surface area contributed by atoms with Crippen LogP contribution in [-0.4, -0.2) is 29.2 Å². The van der Waals surface area contributed by atoms with Crippen molar-refractivity contribution < 1.29 is 23.5 Å². The SMILES string of the molecule is CC(C)(CO)NC(=O)Cc1ccc(NC(=O)Nc2c(F)cccc2F)cc1. The van der Waals surface area contributed by atoms with Crippen molar-refractivity contribution in [3.63, 3.8) is 0 Å². The second kappa shape index (κ2) is 8.59. The van der Waals surface area contributed by atoms with Gasteiger partial charge in [0.1, 0.15) is 17.3 Å². The zero-order valence-electron chi connectivity index (χ0n) is 15.0. The maximum absolute atomic E-state index is 13.5. The van der Waals surface area contributed by atoms with Crippen LogP contribution < -0.4 is 16.0 Å². The molecule has 0 aliphatic rings. The number of carbonyl (C=O) groups is 2. The minimum absolute atomic E-state index is 0.107. The standard InChI is InChI=1S/C19H21F2N3O3/c1-19(2,11-25)24-16(26)10-12-6-8-13(9-7-12)22-18(27)23-17-14(20)4-3-5-15(17)21/h3-9,25H,10-11H2,1-2H3,(H,24,26)(H2,22,23,27). The van der Waals surface area contributed by atoms with Crippen molar-refractivity contribution in [2.24, 2.45) is 0 Å². The Morgan fingerprint density at radius 3 is 2.15 bits per heavy atom. The Morgan fingerprint density at radius 2 is 1.59 bits per heavy atom. The molecule has 0 radical (unpaired) electrons. The van der Waals surface area contributed by atoms with Crippen LogP contribution in [0.1, 0.15) is 19.4 Å². The van der Waals surface area contributed by atoms with Gasteiger partial charge in [-0.1, -0.05) is 18.2 Å². The van der Waals surface area contributed by atoms with Gasteiger partial charge in [-0.05, 0) is 43.7 Å². The smallest absolute Gasteiger partial charge is 0.323 e. The van der Waals surface area contributed by atoms with Crippen LogP contribution in [0.4, 0.5) is 25.0 Å².